The zero-order valence-corrected chi connectivity index (χ0v) is 17.4. The van der Waals surface area contributed by atoms with Crippen LogP contribution in [0.4, 0.5) is 9.18 Å². The second-order valence-corrected chi connectivity index (χ2v) is 6.73. The Balaban J connectivity index is 2.11. The van der Waals surface area contributed by atoms with E-state index in [1.54, 1.807) is 38.1 Å². The quantitative estimate of drug-likeness (QED) is 0.506. The number of pyridine rings is 1. The maximum Gasteiger partial charge on any atom is 0.405 e. The van der Waals surface area contributed by atoms with Gasteiger partial charge in [0.05, 0.1) is 24.8 Å². The number of amides is 1. The third-order valence-corrected chi connectivity index (χ3v) is 4.76. The Labute approximate surface area is 178 Å². The lowest BCUT2D eigenvalue weighted by Gasteiger charge is -2.19. The van der Waals surface area contributed by atoms with Crippen LogP contribution in [0.25, 0.3) is 10.8 Å². The monoisotopic (exact) mass is 426 g/mol. The molecule has 0 fully saturated rings. The first kappa shape index (κ1) is 22.0. The molecule has 0 saturated heterocycles. The molecular weight excluding hydrogens is 403 g/mol. The highest BCUT2D eigenvalue weighted by molar-refractivity contribution is 6.17. The van der Waals surface area contributed by atoms with E-state index in [4.69, 9.17) is 14.6 Å². The maximum absolute atomic E-state index is 15.4. The summed E-state index contributed by atoms with van der Waals surface area (Å²) < 4.78 is 26.4. The average molecular weight is 426 g/mol. The number of hydrogen-bond donors (Lipinski definition) is 2. The van der Waals surface area contributed by atoms with Crippen molar-refractivity contribution in [3.63, 3.8) is 0 Å². The van der Waals surface area contributed by atoms with Gasteiger partial charge in [0.25, 0.3) is 0 Å². The van der Waals surface area contributed by atoms with Crippen molar-refractivity contribution < 1.29 is 28.6 Å². The van der Waals surface area contributed by atoms with Gasteiger partial charge in [-0.25, -0.2) is 14.2 Å². The van der Waals surface area contributed by atoms with Gasteiger partial charge in [0.15, 0.2) is 17.3 Å². The Morgan fingerprint density at radius 2 is 1.81 bits per heavy atom. The molecule has 7 nitrogen and oxygen atoms in total. The van der Waals surface area contributed by atoms with Crippen LogP contribution < -0.4 is 14.8 Å². The first-order chi connectivity index (χ1) is 14.9. The molecule has 3 aromatic rings. The number of halogens is 1. The highest BCUT2D eigenvalue weighted by atomic mass is 19.1. The van der Waals surface area contributed by atoms with Gasteiger partial charge in [-0.2, -0.15) is 0 Å². The summed E-state index contributed by atoms with van der Waals surface area (Å²) >= 11 is 0. The molecule has 162 valence electrons. The normalized spacial score (nSPS) is 11.7. The van der Waals surface area contributed by atoms with E-state index in [1.807, 2.05) is 6.92 Å². The molecule has 1 atom stereocenters. The third-order valence-electron chi connectivity index (χ3n) is 4.76. The van der Waals surface area contributed by atoms with Gasteiger partial charge >= 0.3 is 6.09 Å². The van der Waals surface area contributed by atoms with E-state index in [2.05, 4.69) is 10.3 Å². The molecule has 0 aliphatic heterocycles. The highest BCUT2D eigenvalue weighted by Crippen LogP contribution is 2.33. The number of ketones is 1. The van der Waals surface area contributed by atoms with Crippen molar-refractivity contribution in [2.24, 2.45) is 0 Å². The topological polar surface area (TPSA) is 97.8 Å². The molecule has 1 aromatic heterocycles. The van der Waals surface area contributed by atoms with Crippen LogP contribution in [0.1, 0.15) is 48.3 Å². The van der Waals surface area contributed by atoms with E-state index in [1.165, 1.54) is 18.3 Å². The second-order valence-electron chi connectivity index (χ2n) is 6.73. The largest absolute Gasteiger partial charge is 0.490 e. The number of carbonyl (C=O) groups excluding carboxylic acids is 1. The number of ether oxygens (including phenoxy) is 2. The van der Waals surface area contributed by atoms with Gasteiger partial charge in [-0.05, 0) is 44.4 Å². The van der Waals surface area contributed by atoms with Crippen molar-refractivity contribution in [3.05, 3.63) is 65.1 Å². The van der Waals surface area contributed by atoms with Crippen molar-refractivity contribution in [3.8, 4) is 11.6 Å². The zero-order valence-electron chi connectivity index (χ0n) is 17.4. The van der Waals surface area contributed by atoms with Crippen LogP contribution in [0.3, 0.4) is 0 Å². The van der Waals surface area contributed by atoms with E-state index in [-0.39, 0.29) is 17.9 Å². The van der Waals surface area contributed by atoms with Crippen molar-refractivity contribution in [1.82, 2.24) is 10.3 Å². The molecule has 0 radical (unpaired) electrons. The summed E-state index contributed by atoms with van der Waals surface area (Å²) in [4.78, 5) is 28.5. The first-order valence-corrected chi connectivity index (χ1v) is 9.88. The van der Waals surface area contributed by atoms with Gasteiger partial charge in [-0.3, -0.25) is 4.79 Å². The lowest BCUT2D eigenvalue weighted by atomic mass is 9.95. The summed E-state index contributed by atoms with van der Waals surface area (Å²) in [5, 5.41) is 12.5. The number of fused-ring (bicyclic) bond motifs is 1. The summed E-state index contributed by atoms with van der Waals surface area (Å²) in [5.41, 5.74) is 0.433. The molecule has 0 saturated carbocycles. The molecule has 8 heteroatoms. The van der Waals surface area contributed by atoms with Gasteiger partial charge in [-0.15, -0.1) is 0 Å². The van der Waals surface area contributed by atoms with E-state index in [0.29, 0.717) is 34.4 Å². The summed E-state index contributed by atoms with van der Waals surface area (Å²) in [7, 11) is 0. The number of nitrogens with one attached hydrogen (secondary N) is 1. The Bertz CT molecular complexity index is 1130. The molecule has 2 N–H and O–H groups in total. The summed E-state index contributed by atoms with van der Waals surface area (Å²) in [5.74, 6) is -1.11. The van der Waals surface area contributed by atoms with Crippen LogP contribution in [0.5, 0.6) is 11.6 Å². The standard InChI is InChI=1S/C23H23FN2O5/c1-4-30-21-14(13(3)26-23(28)29)9-10-18(19(21)24)20(27)16-7-6-8-17-15(16)11-12-25-22(17)31-5-2/h6-13,26H,4-5H2,1-3H3,(H,28,29). The molecule has 3 rings (SSSR count). The number of nitrogens with zero attached hydrogens (tertiary/aromatic N) is 1. The average Bonchev–Trinajstić information content (AvgIpc) is 2.74. The lowest BCUT2D eigenvalue weighted by molar-refractivity contribution is 0.103. The van der Waals surface area contributed by atoms with Crippen LogP contribution in [-0.4, -0.2) is 35.2 Å². The van der Waals surface area contributed by atoms with Crippen LogP contribution in [0.15, 0.2) is 42.6 Å². The molecule has 0 spiro atoms. The summed E-state index contributed by atoms with van der Waals surface area (Å²) in [6.07, 6.45) is 0.291. The minimum absolute atomic E-state index is 0.147. The Morgan fingerprint density at radius 1 is 1.06 bits per heavy atom. The number of aromatic nitrogens is 1. The molecule has 31 heavy (non-hydrogen) atoms. The molecule has 1 unspecified atom stereocenters. The SMILES string of the molecule is CCOc1c(C(C)NC(=O)O)ccc(C(=O)c2cccc3c(OCC)nccc23)c1F. The van der Waals surface area contributed by atoms with Crippen LogP contribution in [-0.2, 0) is 0 Å². The van der Waals surface area contributed by atoms with E-state index in [9.17, 15) is 9.59 Å². The fourth-order valence-electron chi connectivity index (χ4n) is 3.42. The molecule has 0 bridgehead atoms. The highest BCUT2D eigenvalue weighted by Gasteiger charge is 2.25. The number of rotatable bonds is 8. The predicted octanol–water partition coefficient (Wildman–Crippen LogP) is 4.73. The van der Waals surface area contributed by atoms with Gasteiger partial charge in [0.2, 0.25) is 5.88 Å². The third kappa shape index (κ3) is 4.42. The summed E-state index contributed by atoms with van der Waals surface area (Å²) in [6, 6.07) is 8.89. The van der Waals surface area contributed by atoms with Crippen LogP contribution in [0.2, 0.25) is 0 Å². The minimum Gasteiger partial charge on any atom is -0.490 e. The van der Waals surface area contributed by atoms with Gasteiger partial charge < -0.3 is 19.9 Å². The molecule has 2 aromatic carbocycles. The van der Waals surface area contributed by atoms with Gasteiger partial charge in [0, 0.05) is 22.7 Å². The van der Waals surface area contributed by atoms with Crippen molar-refractivity contribution in [1.29, 1.82) is 0 Å². The van der Waals surface area contributed by atoms with E-state index < -0.39 is 23.7 Å². The van der Waals surface area contributed by atoms with Crippen molar-refractivity contribution in [2.75, 3.05) is 13.2 Å². The van der Waals surface area contributed by atoms with Crippen LogP contribution in [0, 0.1) is 5.82 Å². The number of carbonyl (C=O) groups is 2. The lowest BCUT2D eigenvalue weighted by Crippen LogP contribution is -2.25. The molecule has 0 aliphatic rings. The Morgan fingerprint density at radius 3 is 2.48 bits per heavy atom. The van der Waals surface area contributed by atoms with E-state index >= 15 is 4.39 Å². The molecule has 1 heterocycles. The Kier molecular flexibility index (Phi) is 6.69. The zero-order chi connectivity index (χ0) is 22.5. The number of hydrogen-bond acceptors (Lipinski definition) is 5. The fraction of sp³-hybridized carbons (Fsp3) is 0.261. The second kappa shape index (κ2) is 9.42. The first-order valence-electron chi connectivity index (χ1n) is 9.88. The molecule has 0 aliphatic carbocycles. The van der Waals surface area contributed by atoms with E-state index in [0.717, 1.165) is 0 Å². The van der Waals surface area contributed by atoms with Crippen molar-refractivity contribution in [2.45, 2.75) is 26.8 Å². The minimum atomic E-state index is -1.25. The fourth-order valence-corrected chi connectivity index (χ4v) is 3.42. The van der Waals surface area contributed by atoms with Crippen LogP contribution >= 0.6 is 0 Å². The molecule has 1 amide bonds. The summed E-state index contributed by atoms with van der Waals surface area (Å²) in [6.45, 7) is 5.65. The van der Waals surface area contributed by atoms with Crippen molar-refractivity contribution >= 4 is 22.6 Å². The molecular formula is C23H23FN2O5. The smallest absolute Gasteiger partial charge is 0.405 e. The maximum atomic E-state index is 15.4. The van der Waals surface area contributed by atoms with Gasteiger partial charge in [0.1, 0.15) is 0 Å². The Hall–Kier alpha value is -3.68. The van der Waals surface area contributed by atoms with Gasteiger partial charge in [-0.1, -0.05) is 18.2 Å². The number of carboxylic acid groups (broad SMARTS) is 1. The number of benzene rings is 2. The predicted molar refractivity (Wildman–Crippen MR) is 113 cm³/mol.